The van der Waals surface area contributed by atoms with Crippen molar-refractivity contribution < 1.29 is 25.3 Å². The van der Waals surface area contributed by atoms with E-state index < -0.39 is 0 Å². The number of hydrogen-bond donors (Lipinski definition) is 4. The third kappa shape index (κ3) is 60.6. The minimum Gasteiger partial charge on any atom is -0.412 e. The molecule has 0 aromatic rings. The summed E-state index contributed by atoms with van der Waals surface area (Å²) in [6.07, 6.45) is 20.3. The van der Waals surface area contributed by atoms with Gasteiger partial charge in [-0.3, -0.25) is 0 Å². The molecule has 5 nitrogen and oxygen atoms in total. The Kier molecular flexibility index (Phi) is 66.9. The summed E-state index contributed by atoms with van der Waals surface area (Å²) < 4.78 is 9.85. The van der Waals surface area contributed by atoms with Gasteiger partial charge in [0.15, 0.2) is 12.5 Å². The monoisotopic (exact) mass is 962 g/mol. The smallest absolute Gasteiger partial charge is 0.412 e. The van der Waals surface area contributed by atoms with Gasteiger partial charge in [-0.05, 0) is 49.4 Å². The van der Waals surface area contributed by atoms with E-state index in [0.717, 1.165) is 49.9 Å². The van der Waals surface area contributed by atoms with E-state index in [2.05, 4.69) is 89.2 Å². The summed E-state index contributed by atoms with van der Waals surface area (Å²) in [5.41, 5.74) is 0. The molecule has 0 bridgehead atoms. The van der Waals surface area contributed by atoms with Gasteiger partial charge in [-0.25, -0.2) is 0 Å². The number of rotatable bonds is 24. The third-order valence-electron chi connectivity index (χ3n) is 8.31. The van der Waals surface area contributed by atoms with E-state index in [1.165, 1.54) is 103 Å². The molecule has 0 saturated heterocycles. The van der Waals surface area contributed by atoms with E-state index in [9.17, 15) is 0 Å². The SMILES string of the molecule is CCCCC(CC)CNC(=S)[S-].CCCCC(CC)CNC(=S)[S-].CCCCC(CC)CNC(=S)[S-].CCCCC(CC)CNC(=S)[S-].O=S.[Mo+4]. The van der Waals surface area contributed by atoms with Crippen molar-refractivity contribution in [1.82, 2.24) is 21.3 Å². The van der Waals surface area contributed by atoms with Crippen LogP contribution in [0.2, 0.25) is 0 Å². The van der Waals surface area contributed by atoms with E-state index in [-0.39, 0.29) is 21.1 Å². The molecule has 0 spiro atoms. The molecule has 0 rings (SSSR count). The van der Waals surface area contributed by atoms with E-state index >= 15 is 0 Å². The predicted molar refractivity (Wildman–Crippen MR) is 253 cm³/mol. The zero-order valence-electron chi connectivity index (χ0n) is 32.9. The summed E-state index contributed by atoms with van der Waals surface area (Å²) >= 11 is 41.1. The maximum absolute atomic E-state index is 7.83. The Labute approximate surface area is 380 Å². The van der Waals surface area contributed by atoms with Crippen LogP contribution in [0, 0.1) is 23.7 Å². The Balaban J connectivity index is -0.000000129. The molecule has 0 aliphatic heterocycles. The molecule has 4 unspecified atom stereocenters. The van der Waals surface area contributed by atoms with Gasteiger partial charge in [-0.15, -0.1) is 0 Å². The molecule has 0 aliphatic rings. The van der Waals surface area contributed by atoms with Gasteiger partial charge < -0.3 is 121 Å². The Bertz CT molecular complexity index is 654. The molecule has 0 fully saturated rings. The predicted octanol–water partition coefficient (Wildman–Crippen LogP) is 10.2. The maximum atomic E-state index is 7.83. The first-order valence-electron chi connectivity index (χ1n) is 18.8. The second-order valence-electron chi connectivity index (χ2n) is 12.3. The average molecular weight is 962 g/mol. The summed E-state index contributed by atoms with van der Waals surface area (Å²) in [6, 6.07) is 0. The van der Waals surface area contributed by atoms with E-state index in [0.29, 0.717) is 17.3 Å². The first-order chi connectivity index (χ1) is 23.8. The second kappa shape index (κ2) is 53.3. The van der Waals surface area contributed by atoms with Crippen molar-refractivity contribution in [2.75, 3.05) is 26.2 Å². The average Bonchev–Trinajstić information content (AvgIpc) is 3.10. The summed E-state index contributed by atoms with van der Waals surface area (Å²) in [5.74, 6) is 2.97. The van der Waals surface area contributed by atoms with E-state index in [1.54, 1.807) is 0 Å². The largest absolute Gasteiger partial charge is 4.00 e. The normalized spacial score (nSPS) is 11.8. The number of thiocarbonyl (C=S) groups is 4. The van der Waals surface area contributed by atoms with Crippen LogP contribution in [0.25, 0.3) is 0 Å². The fourth-order valence-electron chi connectivity index (χ4n) is 4.68. The molecule has 51 heavy (non-hydrogen) atoms. The fraction of sp³-hybridized carbons (Fsp3) is 0.889. The summed E-state index contributed by atoms with van der Waals surface area (Å²) in [7, 11) is 0. The van der Waals surface area contributed by atoms with Crippen LogP contribution in [-0.4, -0.2) is 47.7 Å². The molecule has 0 radical (unpaired) electrons. The Morgan fingerprint density at radius 3 is 0.667 bits per heavy atom. The Morgan fingerprint density at radius 2 is 0.569 bits per heavy atom. The van der Waals surface area contributed by atoms with Crippen LogP contribution in [0.15, 0.2) is 0 Å². The van der Waals surface area contributed by atoms with Gasteiger partial charge >= 0.3 is 21.1 Å². The molecule has 4 atom stereocenters. The zero-order valence-corrected chi connectivity index (χ0v) is 42.3. The standard InChI is InChI=1S/4C9H19NS2.Mo.OS/c4*1-3-5-6-8(4-2)7-10-9(11)12;;1-2/h4*8H,3-7H2,1-2H3,(H2,10,11,12);;/q;;;;+4;/p-4. The molecule has 0 heterocycles. The molecule has 0 amide bonds. The molecule has 0 aromatic carbocycles. The van der Waals surface area contributed by atoms with Gasteiger partial charge in [-0.2, -0.15) is 4.21 Å². The van der Waals surface area contributed by atoms with Crippen LogP contribution in [0.1, 0.15) is 158 Å². The van der Waals surface area contributed by atoms with Crippen LogP contribution >= 0.6 is 48.9 Å². The zero-order chi connectivity index (χ0) is 39.6. The number of hydrogen-bond acceptors (Lipinski definition) is 10. The van der Waals surface area contributed by atoms with Crippen molar-refractivity contribution >= 4 is 129 Å². The summed E-state index contributed by atoms with van der Waals surface area (Å²) in [4.78, 5) is 0. The topological polar surface area (TPSA) is 65.2 Å². The van der Waals surface area contributed by atoms with Crippen LogP contribution < -0.4 is 21.3 Å². The Hall–Kier alpha value is 1.15. The second-order valence-corrected chi connectivity index (χ2v) is 16.6. The van der Waals surface area contributed by atoms with Crippen LogP contribution in [0.3, 0.4) is 0 Å². The maximum Gasteiger partial charge on any atom is 4.00 e. The van der Waals surface area contributed by atoms with Crippen LogP contribution in [0.5, 0.6) is 0 Å². The molecule has 302 valence electrons. The molecular formula is C36H72MoN4OS9. The van der Waals surface area contributed by atoms with Crippen molar-refractivity contribution in [3.8, 4) is 0 Å². The molecule has 0 saturated carbocycles. The van der Waals surface area contributed by atoms with Crippen molar-refractivity contribution in [2.24, 2.45) is 23.7 Å². The van der Waals surface area contributed by atoms with Gasteiger partial charge in [-0.1, -0.05) is 150 Å². The first-order valence-corrected chi connectivity index (χ1v) is 22.4. The van der Waals surface area contributed by atoms with Crippen molar-refractivity contribution in [3.05, 3.63) is 0 Å². The summed E-state index contributed by atoms with van der Waals surface area (Å²) in [5, 5.41) is 12.2. The van der Waals surface area contributed by atoms with Gasteiger partial charge in [0, 0.05) is 26.2 Å². The minimum atomic E-state index is 0. The van der Waals surface area contributed by atoms with Gasteiger partial charge in [0.2, 0.25) is 0 Å². The summed E-state index contributed by atoms with van der Waals surface area (Å²) in [6.45, 7) is 21.6. The minimum absolute atomic E-state index is 0. The van der Waals surface area contributed by atoms with Crippen molar-refractivity contribution in [1.29, 1.82) is 0 Å². The number of unbranched alkanes of at least 4 members (excludes halogenated alkanes) is 4. The van der Waals surface area contributed by atoms with Crippen molar-refractivity contribution in [3.63, 3.8) is 0 Å². The molecule has 0 aliphatic carbocycles. The fourth-order valence-corrected chi connectivity index (χ4v) is 5.35. The number of nitrogens with one attached hydrogen (secondary N) is 4. The molecule has 15 heteroatoms. The molecule has 4 N–H and O–H groups in total. The quantitative estimate of drug-likeness (QED) is 0.0422. The molecule has 0 aromatic heterocycles. The van der Waals surface area contributed by atoms with Gasteiger partial charge in [0.25, 0.3) is 0 Å². The van der Waals surface area contributed by atoms with E-state index in [4.69, 9.17) is 104 Å². The van der Waals surface area contributed by atoms with Gasteiger partial charge in [0.05, 0.1) is 0 Å². The van der Waals surface area contributed by atoms with E-state index in [1.807, 2.05) is 0 Å². The first kappa shape index (κ1) is 64.1. The third-order valence-corrected chi connectivity index (χ3v) is 9.47. The van der Waals surface area contributed by atoms with Gasteiger partial charge in [0.1, 0.15) is 0 Å². The van der Waals surface area contributed by atoms with Crippen LogP contribution in [0.4, 0.5) is 0 Å². The van der Waals surface area contributed by atoms with Crippen molar-refractivity contribution in [2.45, 2.75) is 158 Å². The Morgan fingerprint density at radius 1 is 0.412 bits per heavy atom. The molecular weight excluding hydrogens is 889 g/mol. The van der Waals surface area contributed by atoms with Crippen LogP contribution in [-0.2, 0) is 84.1 Å².